The van der Waals surface area contributed by atoms with Crippen molar-refractivity contribution in [3.8, 4) is 34.1 Å². The minimum Gasteiger partial charge on any atom is -0.508 e. The lowest BCUT2D eigenvalue weighted by molar-refractivity contribution is 0.174. The van der Waals surface area contributed by atoms with Crippen LogP contribution >= 0.6 is 0 Å². The molecule has 1 heterocycles. The molecule has 2 aromatic rings. The molecule has 4 nitrogen and oxygen atoms in total. The molecule has 3 rings (SSSR count). The first-order valence-corrected chi connectivity index (χ1v) is 6.14. The van der Waals surface area contributed by atoms with Gasteiger partial charge in [0, 0.05) is 11.6 Å². The van der Waals surface area contributed by atoms with Crippen molar-refractivity contribution in [3.05, 3.63) is 35.9 Å². The summed E-state index contributed by atoms with van der Waals surface area (Å²) in [5.74, 6) is 1.54. The Bertz CT molecular complexity index is 634. The molecule has 0 fully saturated rings. The first kappa shape index (κ1) is 11.7. The van der Waals surface area contributed by atoms with Gasteiger partial charge < -0.3 is 19.7 Å². The van der Waals surface area contributed by atoms with E-state index < -0.39 is 0 Å². The number of rotatable bonds is 2. The summed E-state index contributed by atoms with van der Waals surface area (Å²) < 4.78 is 10.6. The largest absolute Gasteiger partial charge is 0.508 e. The maximum absolute atomic E-state index is 9.98. The van der Waals surface area contributed by atoms with Crippen LogP contribution in [-0.2, 0) is 6.42 Å². The summed E-state index contributed by atoms with van der Waals surface area (Å²) in [7, 11) is 0. The van der Waals surface area contributed by atoms with Crippen molar-refractivity contribution in [2.45, 2.75) is 13.3 Å². The standard InChI is InChI=1S/C15H14O4/c1-2-9-5-11(13(17)7-12(9)16)10-3-4-14-15(6-10)19-8-18-14/h3-7,16-17H,2,8H2,1H3. The van der Waals surface area contributed by atoms with E-state index in [9.17, 15) is 10.2 Å². The quantitative estimate of drug-likeness (QED) is 0.869. The van der Waals surface area contributed by atoms with E-state index in [2.05, 4.69) is 0 Å². The Labute approximate surface area is 110 Å². The number of fused-ring (bicyclic) bond motifs is 1. The highest BCUT2D eigenvalue weighted by Gasteiger charge is 2.16. The second kappa shape index (κ2) is 4.39. The monoisotopic (exact) mass is 258 g/mol. The van der Waals surface area contributed by atoms with E-state index >= 15 is 0 Å². The van der Waals surface area contributed by atoms with Crippen molar-refractivity contribution in [2.24, 2.45) is 0 Å². The van der Waals surface area contributed by atoms with E-state index in [0.29, 0.717) is 23.5 Å². The summed E-state index contributed by atoms with van der Waals surface area (Å²) in [4.78, 5) is 0. The van der Waals surface area contributed by atoms with Crippen molar-refractivity contribution in [1.29, 1.82) is 0 Å². The fraction of sp³-hybridized carbons (Fsp3) is 0.200. The third-order valence-electron chi connectivity index (χ3n) is 3.26. The first-order chi connectivity index (χ1) is 9.19. The van der Waals surface area contributed by atoms with Crippen molar-refractivity contribution < 1.29 is 19.7 Å². The zero-order chi connectivity index (χ0) is 13.4. The van der Waals surface area contributed by atoms with Crippen LogP contribution in [0.15, 0.2) is 30.3 Å². The van der Waals surface area contributed by atoms with Gasteiger partial charge in [-0.25, -0.2) is 0 Å². The van der Waals surface area contributed by atoms with Gasteiger partial charge in [0.1, 0.15) is 11.5 Å². The fourth-order valence-corrected chi connectivity index (χ4v) is 2.20. The van der Waals surface area contributed by atoms with Gasteiger partial charge in [0.15, 0.2) is 11.5 Å². The maximum Gasteiger partial charge on any atom is 0.231 e. The molecule has 4 heteroatoms. The number of phenolic OH excluding ortho intramolecular Hbond substituents is 2. The van der Waals surface area contributed by atoms with Crippen LogP contribution in [-0.4, -0.2) is 17.0 Å². The average Bonchev–Trinajstić information content (AvgIpc) is 2.86. The molecule has 0 saturated heterocycles. The predicted octanol–water partition coefficient (Wildman–Crippen LogP) is 3.06. The van der Waals surface area contributed by atoms with Crippen LogP contribution in [0.2, 0.25) is 0 Å². The SMILES string of the molecule is CCc1cc(-c2ccc3c(c2)OCO3)c(O)cc1O. The highest BCUT2D eigenvalue weighted by Crippen LogP contribution is 2.40. The molecule has 0 atom stereocenters. The Morgan fingerprint density at radius 1 is 1.00 bits per heavy atom. The molecular formula is C15H14O4. The minimum atomic E-state index is 0.0496. The Morgan fingerprint density at radius 2 is 1.79 bits per heavy atom. The van der Waals surface area contributed by atoms with Crippen LogP contribution in [0, 0.1) is 0 Å². The van der Waals surface area contributed by atoms with Crippen LogP contribution in [0.4, 0.5) is 0 Å². The van der Waals surface area contributed by atoms with Crippen molar-refractivity contribution >= 4 is 0 Å². The number of ether oxygens (including phenoxy) is 2. The molecule has 1 aliphatic heterocycles. The number of aromatic hydroxyl groups is 2. The van der Waals surface area contributed by atoms with E-state index in [1.165, 1.54) is 6.07 Å². The molecule has 0 bridgehead atoms. The number of hydrogen-bond acceptors (Lipinski definition) is 4. The maximum atomic E-state index is 9.98. The summed E-state index contributed by atoms with van der Waals surface area (Å²) in [6.45, 7) is 2.18. The Morgan fingerprint density at radius 3 is 2.58 bits per heavy atom. The van der Waals surface area contributed by atoms with Gasteiger partial charge in [-0.05, 0) is 35.7 Å². The Balaban J connectivity index is 2.11. The van der Waals surface area contributed by atoms with Gasteiger partial charge in [-0.1, -0.05) is 13.0 Å². The molecule has 2 N–H and O–H groups in total. The third kappa shape index (κ3) is 1.95. The van der Waals surface area contributed by atoms with E-state index in [1.807, 2.05) is 25.1 Å². The first-order valence-electron chi connectivity index (χ1n) is 6.14. The van der Waals surface area contributed by atoms with Gasteiger partial charge in [-0.2, -0.15) is 0 Å². The zero-order valence-electron chi connectivity index (χ0n) is 10.5. The van der Waals surface area contributed by atoms with Gasteiger partial charge in [0.25, 0.3) is 0 Å². The number of aryl methyl sites for hydroxylation is 1. The van der Waals surface area contributed by atoms with Gasteiger partial charge in [0.2, 0.25) is 6.79 Å². The molecule has 98 valence electrons. The molecule has 0 spiro atoms. The lowest BCUT2D eigenvalue weighted by Gasteiger charge is -2.10. The summed E-state index contributed by atoms with van der Waals surface area (Å²) in [6, 6.07) is 8.67. The molecule has 1 aliphatic rings. The predicted molar refractivity (Wildman–Crippen MR) is 70.7 cm³/mol. The molecule has 0 aliphatic carbocycles. The van der Waals surface area contributed by atoms with Crippen LogP contribution in [0.1, 0.15) is 12.5 Å². The molecular weight excluding hydrogens is 244 g/mol. The molecule has 0 radical (unpaired) electrons. The highest BCUT2D eigenvalue weighted by molar-refractivity contribution is 5.74. The van der Waals surface area contributed by atoms with E-state index in [-0.39, 0.29) is 18.3 Å². The summed E-state index contributed by atoms with van der Waals surface area (Å²) in [5, 5.41) is 19.7. The summed E-state index contributed by atoms with van der Waals surface area (Å²) in [5.41, 5.74) is 2.30. The van der Waals surface area contributed by atoms with E-state index in [0.717, 1.165) is 11.1 Å². The molecule has 0 amide bonds. The normalized spacial score (nSPS) is 12.7. The fourth-order valence-electron chi connectivity index (χ4n) is 2.20. The summed E-state index contributed by atoms with van der Waals surface area (Å²) in [6.07, 6.45) is 0.698. The smallest absolute Gasteiger partial charge is 0.231 e. The number of phenols is 2. The van der Waals surface area contributed by atoms with Crippen LogP contribution in [0.25, 0.3) is 11.1 Å². The van der Waals surface area contributed by atoms with Gasteiger partial charge in [-0.15, -0.1) is 0 Å². The third-order valence-corrected chi connectivity index (χ3v) is 3.26. The lowest BCUT2D eigenvalue weighted by Crippen LogP contribution is -1.92. The van der Waals surface area contributed by atoms with Crippen molar-refractivity contribution in [2.75, 3.05) is 6.79 Å². The Hall–Kier alpha value is -2.36. The second-order valence-electron chi connectivity index (χ2n) is 4.42. The second-order valence-corrected chi connectivity index (χ2v) is 4.42. The Kier molecular flexibility index (Phi) is 2.71. The summed E-state index contributed by atoms with van der Waals surface area (Å²) >= 11 is 0. The molecule has 0 aromatic heterocycles. The molecule has 0 unspecified atom stereocenters. The highest BCUT2D eigenvalue weighted by atomic mass is 16.7. The van der Waals surface area contributed by atoms with Gasteiger partial charge in [0.05, 0.1) is 0 Å². The molecule has 0 saturated carbocycles. The zero-order valence-corrected chi connectivity index (χ0v) is 10.5. The molecule has 19 heavy (non-hydrogen) atoms. The van der Waals surface area contributed by atoms with Crippen LogP contribution in [0.5, 0.6) is 23.0 Å². The van der Waals surface area contributed by atoms with Crippen molar-refractivity contribution in [1.82, 2.24) is 0 Å². The lowest BCUT2D eigenvalue weighted by atomic mass is 9.99. The number of hydrogen-bond donors (Lipinski definition) is 2. The van der Waals surface area contributed by atoms with Crippen molar-refractivity contribution in [3.63, 3.8) is 0 Å². The van der Waals surface area contributed by atoms with Gasteiger partial charge >= 0.3 is 0 Å². The minimum absolute atomic E-state index is 0.0496. The topological polar surface area (TPSA) is 58.9 Å². The number of benzene rings is 2. The molecule has 2 aromatic carbocycles. The van der Waals surface area contributed by atoms with Gasteiger partial charge in [-0.3, -0.25) is 0 Å². The van der Waals surface area contributed by atoms with E-state index in [4.69, 9.17) is 9.47 Å². The van der Waals surface area contributed by atoms with Crippen LogP contribution < -0.4 is 9.47 Å². The average molecular weight is 258 g/mol. The van der Waals surface area contributed by atoms with Crippen LogP contribution in [0.3, 0.4) is 0 Å². The van der Waals surface area contributed by atoms with E-state index in [1.54, 1.807) is 6.07 Å².